The fourth-order valence-electron chi connectivity index (χ4n) is 8.23. The Bertz CT molecular complexity index is 2050. The Morgan fingerprint density at radius 3 is 2.79 bits per heavy atom. The van der Waals surface area contributed by atoms with Crippen LogP contribution < -0.4 is 10.7 Å². The zero-order valence-electron chi connectivity index (χ0n) is 30.8. The van der Waals surface area contributed by atoms with Gasteiger partial charge in [0.25, 0.3) is 5.91 Å². The number of hydrazine groups is 1. The van der Waals surface area contributed by atoms with Crippen LogP contribution in [0.15, 0.2) is 41.9 Å². The van der Waals surface area contributed by atoms with Gasteiger partial charge in [-0.05, 0) is 80.7 Å². The van der Waals surface area contributed by atoms with E-state index in [-0.39, 0.29) is 54.7 Å². The Morgan fingerprint density at radius 2 is 2.04 bits per heavy atom. The number of amides is 2. The van der Waals surface area contributed by atoms with Crippen LogP contribution in [-0.4, -0.2) is 69.7 Å². The quantitative estimate of drug-likeness (QED) is 0.242. The van der Waals surface area contributed by atoms with Gasteiger partial charge in [0.15, 0.2) is 0 Å². The first-order valence-corrected chi connectivity index (χ1v) is 19.5. The Kier molecular flexibility index (Phi) is 8.98. The average Bonchev–Trinajstić information content (AvgIpc) is 4.01. The monoisotopic (exact) mass is 724 g/mol. The van der Waals surface area contributed by atoms with Crippen molar-refractivity contribution in [3.05, 3.63) is 58.2 Å². The molecule has 4 aromatic rings. The van der Waals surface area contributed by atoms with Crippen molar-refractivity contribution in [3.63, 3.8) is 0 Å². The summed E-state index contributed by atoms with van der Waals surface area (Å²) in [5, 5.41) is 8.52. The predicted molar refractivity (Wildman–Crippen MR) is 199 cm³/mol. The molecule has 7 unspecified atom stereocenters. The summed E-state index contributed by atoms with van der Waals surface area (Å²) >= 11 is 1.49. The van der Waals surface area contributed by atoms with Crippen LogP contribution in [0.4, 0.5) is 0 Å². The van der Waals surface area contributed by atoms with E-state index in [1.807, 2.05) is 24.6 Å². The maximum atomic E-state index is 14.2. The van der Waals surface area contributed by atoms with E-state index in [0.717, 1.165) is 69.1 Å². The highest BCUT2D eigenvalue weighted by Gasteiger charge is 2.53. The van der Waals surface area contributed by atoms with Crippen LogP contribution in [0.25, 0.3) is 33.4 Å². The molecule has 12 heteroatoms. The van der Waals surface area contributed by atoms with Crippen LogP contribution in [-0.2, 0) is 43.2 Å². The largest absolute Gasteiger partial charge is 0.464 e. The van der Waals surface area contributed by atoms with E-state index >= 15 is 0 Å². The highest BCUT2D eigenvalue weighted by molar-refractivity contribution is 7.10. The number of aryl methyl sites for hydroxylation is 1. The van der Waals surface area contributed by atoms with Crippen LogP contribution >= 0.6 is 11.3 Å². The number of esters is 1. The SMILES string of the molecule is CCn1c(-c2cccnc2C(C)OC)c2c3cc(ccc31)-c1csc(n1)CC(NC(=O)C1CC1C)C(=O)N1CC3CC3C(N1)C(=O)OCC(C)(C)C2. The Balaban J connectivity index is 1.25. The van der Waals surface area contributed by atoms with Crippen LogP contribution in [0.1, 0.15) is 69.8 Å². The minimum absolute atomic E-state index is 0.0809. The molecular weight excluding hydrogens is 677 g/mol. The molecule has 11 nitrogen and oxygen atoms in total. The van der Waals surface area contributed by atoms with Gasteiger partial charge < -0.3 is 19.4 Å². The predicted octanol–water partition coefficient (Wildman–Crippen LogP) is 5.71. The molecule has 3 aromatic heterocycles. The summed E-state index contributed by atoms with van der Waals surface area (Å²) in [7, 11) is 1.70. The number of thiazole rings is 1. The van der Waals surface area contributed by atoms with Gasteiger partial charge >= 0.3 is 5.97 Å². The molecule has 2 aliphatic heterocycles. The van der Waals surface area contributed by atoms with Gasteiger partial charge in [-0.3, -0.25) is 24.4 Å². The van der Waals surface area contributed by atoms with E-state index in [4.69, 9.17) is 19.4 Å². The van der Waals surface area contributed by atoms with E-state index in [0.29, 0.717) is 18.9 Å². The Morgan fingerprint density at radius 1 is 1.23 bits per heavy atom. The van der Waals surface area contributed by atoms with Crippen LogP contribution in [0.5, 0.6) is 0 Å². The van der Waals surface area contributed by atoms with Crippen molar-refractivity contribution < 1.29 is 23.9 Å². The number of pyridine rings is 1. The van der Waals surface area contributed by atoms with Crippen molar-refractivity contribution in [3.8, 4) is 22.5 Å². The number of rotatable bonds is 6. The van der Waals surface area contributed by atoms with E-state index in [1.54, 1.807) is 12.1 Å². The summed E-state index contributed by atoms with van der Waals surface area (Å²) in [6, 6.07) is 9.14. The number of nitrogens with one attached hydrogen (secondary N) is 2. The van der Waals surface area contributed by atoms with Gasteiger partial charge in [0.05, 0.1) is 34.8 Å². The highest BCUT2D eigenvalue weighted by atomic mass is 32.1. The van der Waals surface area contributed by atoms with Crippen LogP contribution in [0.2, 0.25) is 0 Å². The zero-order valence-corrected chi connectivity index (χ0v) is 31.6. The lowest BCUT2D eigenvalue weighted by atomic mass is 9.84. The number of nitrogens with zero attached hydrogens (tertiary/aromatic N) is 4. The molecular formula is C40H48N6O5S. The topological polar surface area (TPSA) is 128 Å². The third kappa shape index (κ3) is 6.43. The number of cyclic esters (lactones) is 1. The van der Waals surface area contributed by atoms with Crippen molar-refractivity contribution in [2.45, 2.75) is 85.0 Å². The normalized spacial score (nSPS) is 27.4. The van der Waals surface area contributed by atoms with Gasteiger partial charge in [-0.25, -0.2) is 10.4 Å². The molecule has 1 saturated heterocycles. The molecule has 2 aliphatic carbocycles. The van der Waals surface area contributed by atoms with E-state index in [9.17, 15) is 14.4 Å². The summed E-state index contributed by atoms with van der Waals surface area (Å²) in [6.45, 7) is 11.9. The smallest absolute Gasteiger partial charge is 0.325 e. The minimum Gasteiger partial charge on any atom is -0.464 e. The maximum absolute atomic E-state index is 14.2. The number of benzene rings is 1. The first kappa shape index (κ1) is 34.9. The number of hydrogen-bond donors (Lipinski definition) is 2. The lowest BCUT2D eigenvalue weighted by molar-refractivity contribution is -0.156. The third-order valence-electron chi connectivity index (χ3n) is 11.5. The van der Waals surface area contributed by atoms with Gasteiger partial charge in [0, 0.05) is 71.6 Å². The molecule has 3 fully saturated rings. The van der Waals surface area contributed by atoms with E-state index < -0.39 is 17.5 Å². The molecule has 2 N–H and O–H groups in total. The molecule has 6 bridgehead atoms. The molecule has 52 heavy (non-hydrogen) atoms. The van der Waals surface area contributed by atoms with Crippen LogP contribution in [0, 0.1) is 29.1 Å². The second-order valence-corrected chi connectivity index (χ2v) is 16.9. The Labute approximate surface area is 308 Å². The fraction of sp³-hybridized carbons (Fsp3) is 0.525. The molecule has 2 amide bonds. The molecule has 1 aromatic carbocycles. The molecule has 4 aliphatic rings. The summed E-state index contributed by atoms with van der Waals surface area (Å²) in [6.07, 6.45) is 4.16. The lowest BCUT2D eigenvalue weighted by Gasteiger charge is -2.35. The summed E-state index contributed by atoms with van der Waals surface area (Å²) in [4.78, 5) is 51.0. The number of carbonyl (C=O) groups excluding carboxylic acids is 3. The molecule has 5 heterocycles. The Hall–Kier alpha value is -4.13. The molecule has 2 saturated carbocycles. The molecule has 7 atom stereocenters. The summed E-state index contributed by atoms with van der Waals surface area (Å²) in [5.74, 6) is -0.145. The number of fused-ring (bicyclic) bond motifs is 8. The highest BCUT2D eigenvalue weighted by Crippen LogP contribution is 2.46. The molecule has 0 radical (unpaired) electrons. The summed E-state index contributed by atoms with van der Waals surface area (Å²) in [5.41, 5.74) is 9.81. The van der Waals surface area contributed by atoms with Gasteiger partial charge in [-0.1, -0.05) is 26.8 Å². The lowest BCUT2D eigenvalue weighted by Crippen LogP contribution is -2.61. The average molecular weight is 725 g/mol. The van der Waals surface area contributed by atoms with Crippen molar-refractivity contribution in [2.75, 3.05) is 20.3 Å². The van der Waals surface area contributed by atoms with Crippen LogP contribution in [0.3, 0.4) is 0 Å². The van der Waals surface area contributed by atoms with Crippen molar-refractivity contribution in [2.24, 2.45) is 29.1 Å². The summed E-state index contributed by atoms with van der Waals surface area (Å²) < 4.78 is 14.3. The standard InChI is InChI=1S/C40H48N6O5S/c1-7-45-32-11-10-23-14-28(32)29(36(45)25-9-8-12-41-34(25)22(3)50-6)17-40(4,5)20-51-39(49)35-27-15-24(27)18-46(44-35)38(48)30(16-33-42-31(23)19-52-33)43-37(47)26-13-21(26)2/h8-12,14,19,21-22,24,26-27,30,35,44H,7,13,15-18,20H2,1-6H3,(H,43,47). The van der Waals surface area contributed by atoms with Gasteiger partial charge in [0.2, 0.25) is 5.91 Å². The number of carbonyl (C=O) groups is 3. The van der Waals surface area contributed by atoms with Crippen molar-refractivity contribution in [1.29, 1.82) is 0 Å². The fourth-order valence-corrected chi connectivity index (χ4v) is 9.08. The molecule has 0 spiro atoms. The van der Waals surface area contributed by atoms with Gasteiger partial charge in [-0.15, -0.1) is 11.3 Å². The number of aromatic nitrogens is 3. The van der Waals surface area contributed by atoms with Crippen molar-refractivity contribution in [1.82, 2.24) is 30.3 Å². The van der Waals surface area contributed by atoms with Crippen molar-refractivity contribution >= 4 is 40.0 Å². The number of ether oxygens (including phenoxy) is 2. The second kappa shape index (κ2) is 13.4. The first-order chi connectivity index (χ1) is 25.0. The third-order valence-corrected chi connectivity index (χ3v) is 12.4. The van der Waals surface area contributed by atoms with Gasteiger partial charge in [-0.2, -0.15) is 0 Å². The maximum Gasteiger partial charge on any atom is 0.325 e. The van der Waals surface area contributed by atoms with E-state index in [1.165, 1.54) is 11.3 Å². The minimum atomic E-state index is -0.810. The molecule has 274 valence electrons. The number of hydrogen-bond acceptors (Lipinski definition) is 9. The zero-order chi connectivity index (χ0) is 36.5. The van der Waals surface area contributed by atoms with Gasteiger partial charge in [0.1, 0.15) is 12.1 Å². The second-order valence-electron chi connectivity index (χ2n) is 16.0. The number of methoxy groups -OCH3 is 1. The van der Waals surface area contributed by atoms with E-state index in [2.05, 4.69) is 67.3 Å². The first-order valence-electron chi connectivity index (χ1n) is 18.6. The molecule has 8 rings (SSSR count).